The molecule has 1 rings (SSSR count). The van der Waals surface area contributed by atoms with Gasteiger partial charge in [-0.15, -0.1) is 0 Å². The minimum atomic E-state index is -0.894. The molecule has 6 nitrogen and oxygen atoms in total. The van der Waals surface area contributed by atoms with Crippen molar-refractivity contribution in [3.8, 4) is 0 Å². The standard InChI is InChI=1S/C13H22N2O4S/c1-3-13(4-2,11(17)18)9-14-10(16)5-6-15-7-8-20-12(15)19/h3-9H2,1-2H3,(H,14,16)(H,17,18). The van der Waals surface area contributed by atoms with Crippen LogP contribution in [0.2, 0.25) is 0 Å². The van der Waals surface area contributed by atoms with E-state index < -0.39 is 11.4 Å². The zero-order valence-electron chi connectivity index (χ0n) is 12.0. The summed E-state index contributed by atoms with van der Waals surface area (Å²) in [6, 6.07) is 0. The summed E-state index contributed by atoms with van der Waals surface area (Å²) in [4.78, 5) is 36.1. The third-order valence-corrected chi connectivity index (χ3v) is 4.78. The molecule has 0 aliphatic carbocycles. The fourth-order valence-electron chi connectivity index (χ4n) is 2.10. The maximum Gasteiger partial charge on any atom is 0.311 e. The molecule has 2 N–H and O–H groups in total. The first-order valence-electron chi connectivity index (χ1n) is 6.87. The first-order valence-corrected chi connectivity index (χ1v) is 7.85. The van der Waals surface area contributed by atoms with Crippen molar-refractivity contribution in [1.82, 2.24) is 10.2 Å². The number of aliphatic carboxylic acids is 1. The van der Waals surface area contributed by atoms with Crippen LogP contribution in [0.1, 0.15) is 33.1 Å². The lowest BCUT2D eigenvalue weighted by Crippen LogP contribution is -2.43. The number of hydrogen-bond donors (Lipinski definition) is 2. The molecule has 0 aromatic rings. The van der Waals surface area contributed by atoms with Gasteiger partial charge < -0.3 is 15.3 Å². The average Bonchev–Trinajstić information content (AvgIpc) is 2.83. The molecule has 0 bridgehead atoms. The molecule has 0 unspecified atom stereocenters. The Kier molecular flexibility index (Phi) is 6.32. The summed E-state index contributed by atoms with van der Waals surface area (Å²) >= 11 is 1.26. The van der Waals surface area contributed by atoms with Crippen molar-refractivity contribution in [2.45, 2.75) is 33.1 Å². The topological polar surface area (TPSA) is 86.7 Å². The van der Waals surface area contributed by atoms with Gasteiger partial charge in [-0.05, 0) is 12.8 Å². The lowest BCUT2D eigenvalue weighted by Gasteiger charge is -2.27. The molecule has 114 valence electrons. The maximum absolute atomic E-state index is 11.8. The van der Waals surface area contributed by atoms with E-state index in [-0.39, 0.29) is 24.1 Å². The third-order valence-electron chi connectivity index (χ3n) is 3.88. The molecule has 0 atom stereocenters. The van der Waals surface area contributed by atoms with Crippen molar-refractivity contribution in [2.75, 3.05) is 25.4 Å². The van der Waals surface area contributed by atoms with Crippen LogP contribution < -0.4 is 5.32 Å². The monoisotopic (exact) mass is 302 g/mol. The molecule has 7 heteroatoms. The van der Waals surface area contributed by atoms with Gasteiger partial charge in [0.15, 0.2) is 0 Å². The largest absolute Gasteiger partial charge is 0.481 e. The second-order valence-corrected chi connectivity index (χ2v) is 5.97. The highest BCUT2D eigenvalue weighted by molar-refractivity contribution is 8.13. The van der Waals surface area contributed by atoms with Crippen molar-refractivity contribution < 1.29 is 19.5 Å². The molecule has 2 amide bonds. The predicted molar refractivity (Wildman–Crippen MR) is 77.7 cm³/mol. The zero-order valence-corrected chi connectivity index (χ0v) is 12.8. The van der Waals surface area contributed by atoms with Crippen molar-refractivity contribution in [2.24, 2.45) is 5.41 Å². The third kappa shape index (κ3) is 4.13. The van der Waals surface area contributed by atoms with Crippen LogP contribution in [0.4, 0.5) is 4.79 Å². The van der Waals surface area contributed by atoms with Crippen LogP contribution in [0.3, 0.4) is 0 Å². The number of nitrogens with one attached hydrogen (secondary N) is 1. The van der Waals surface area contributed by atoms with Gasteiger partial charge in [0.1, 0.15) is 0 Å². The summed E-state index contributed by atoms with van der Waals surface area (Å²) in [7, 11) is 0. The molecule has 0 aromatic carbocycles. The first-order chi connectivity index (χ1) is 9.45. The van der Waals surface area contributed by atoms with Crippen LogP contribution in [0.5, 0.6) is 0 Å². The van der Waals surface area contributed by atoms with E-state index in [0.717, 1.165) is 5.75 Å². The van der Waals surface area contributed by atoms with Gasteiger partial charge in [-0.2, -0.15) is 0 Å². The number of rotatable bonds is 8. The lowest BCUT2D eigenvalue weighted by molar-refractivity contribution is -0.149. The molecule has 1 aliphatic rings. The Hall–Kier alpha value is -1.24. The van der Waals surface area contributed by atoms with Gasteiger partial charge in [0.05, 0.1) is 5.41 Å². The fourth-order valence-corrected chi connectivity index (χ4v) is 2.95. The van der Waals surface area contributed by atoms with Gasteiger partial charge in [0, 0.05) is 31.8 Å². The smallest absolute Gasteiger partial charge is 0.311 e. The summed E-state index contributed by atoms with van der Waals surface area (Å²) < 4.78 is 0. The second kappa shape index (κ2) is 7.52. The Bertz CT molecular complexity index is 383. The Morgan fingerprint density at radius 2 is 2.05 bits per heavy atom. The number of carbonyl (C=O) groups is 3. The Balaban J connectivity index is 2.38. The van der Waals surface area contributed by atoms with Gasteiger partial charge >= 0.3 is 5.97 Å². The molecule has 0 saturated carbocycles. The predicted octanol–water partition coefficient (Wildman–Crippen LogP) is 1.55. The highest BCUT2D eigenvalue weighted by Gasteiger charge is 2.35. The number of hydrogen-bond acceptors (Lipinski definition) is 4. The summed E-state index contributed by atoms with van der Waals surface area (Å²) in [6.07, 6.45) is 1.16. The molecule has 1 fully saturated rings. The molecular formula is C13H22N2O4S. The molecule has 0 radical (unpaired) electrons. The van der Waals surface area contributed by atoms with Gasteiger partial charge in [-0.1, -0.05) is 25.6 Å². The Morgan fingerprint density at radius 1 is 1.40 bits per heavy atom. The van der Waals surface area contributed by atoms with Gasteiger partial charge in [0.25, 0.3) is 5.24 Å². The van der Waals surface area contributed by atoms with Crippen LogP contribution in [0.15, 0.2) is 0 Å². The number of carbonyl (C=O) groups excluding carboxylic acids is 2. The Morgan fingerprint density at radius 3 is 2.50 bits per heavy atom. The van der Waals surface area contributed by atoms with E-state index >= 15 is 0 Å². The van der Waals surface area contributed by atoms with Crippen molar-refractivity contribution in [3.05, 3.63) is 0 Å². The zero-order chi connectivity index (χ0) is 15.2. The molecule has 20 heavy (non-hydrogen) atoms. The SMILES string of the molecule is CCC(CC)(CNC(=O)CCN1CCSC1=O)C(=O)O. The molecule has 1 saturated heterocycles. The van der Waals surface area contributed by atoms with Crippen molar-refractivity contribution in [1.29, 1.82) is 0 Å². The van der Waals surface area contributed by atoms with Crippen LogP contribution in [-0.4, -0.2) is 52.5 Å². The average molecular weight is 302 g/mol. The first kappa shape index (κ1) is 16.8. The number of thioether (sulfide) groups is 1. The van der Waals surface area contributed by atoms with Crippen LogP contribution in [-0.2, 0) is 9.59 Å². The van der Waals surface area contributed by atoms with E-state index in [1.807, 2.05) is 13.8 Å². The van der Waals surface area contributed by atoms with Crippen molar-refractivity contribution in [3.63, 3.8) is 0 Å². The number of amides is 2. The molecule has 1 heterocycles. The van der Waals surface area contributed by atoms with Crippen LogP contribution >= 0.6 is 11.8 Å². The van der Waals surface area contributed by atoms with E-state index in [1.54, 1.807) is 4.90 Å². The number of nitrogens with zero attached hydrogens (tertiary/aromatic N) is 1. The van der Waals surface area contributed by atoms with Gasteiger partial charge in [-0.25, -0.2) is 0 Å². The summed E-state index contributed by atoms with van der Waals surface area (Å²) in [6.45, 7) is 4.83. The minimum Gasteiger partial charge on any atom is -0.481 e. The normalized spacial score (nSPS) is 15.5. The molecule has 0 spiro atoms. The van der Waals surface area contributed by atoms with E-state index in [9.17, 15) is 19.5 Å². The highest BCUT2D eigenvalue weighted by atomic mass is 32.2. The maximum atomic E-state index is 11.8. The van der Waals surface area contributed by atoms with E-state index in [1.165, 1.54) is 11.8 Å². The molecule has 0 aromatic heterocycles. The highest BCUT2D eigenvalue weighted by Crippen LogP contribution is 2.25. The molecule has 1 aliphatic heterocycles. The quantitative estimate of drug-likeness (QED) is 0.710. The Labute approximate surface area is 123 Å². The van der Waals surface area contributed by atoms with Crippen LogP contribution in [0, 0.1) is 5.41 Å². The van der Waals surface area contributed by atoms with Crippen LogP contribution in [0.25, 0.3) is 0 Å². The lowest BCUT2D eigenvalue weighted by atomic mass is 9.82. The molecular weight excluding hydrogens is 280 g/mol. The van der Waals surface area contributed by atoms with E-state index in [2.05, 4.69) is 5.32 Å². The summed E-state index contributed by atoms with van der Waals surface area (Å²) in [5.41, 5.74) is -0.894. The number of carboxylic acids is 1. The second-order valence-electron chi connectivity index (χ2n) is 4.92. The summed E-state index contributed by atoms with van der Waals surface area (Å²) in [5.74, 6) is -0.315. The van der Waals surface area contributed by atoms with E-state index in [4.69, 9.17) is 0 Å². The summed E-state index contributed by atoms with van der Waals surface area (Å²) in [5, 5.41) is 12.0. The minimum absolute atomic E-state index is 0.0137. The fraction of sp³-hybridized carbons (Fsp3) is 0.769. The van der Waals surface area contributed by atoms with Crippen molar-refractivity contribution >= 4 is 28.9 Å². The van der Waals surface area contributed by atoms with E-state index in [0.29, 0.717) is 25.9 Å². The van der Waals surface area contributed by atoms with Gasteiger partial charge in [0.2, 0.25) is 5.91 Å². The number of carboxylic acid groups (broad SMARTS) is 1. The van der Waals surface area contributed by atoms with Gasteiger partial charge in [-0.3, -0.25) is 14.4 Å².